The van der Waals surface area contributed by atoms with Crippen molar-refractivity contribution in [3.8, 4) is 0 Å². The molecule has 0 unspecified atom stereocenters. The van der Waals surface area contributed by atoms with E-state index in [0.29, 0.717) is 5.92 Å². The molecular formula is C26H24P+. The van der Waals surface area contributed by atoms with Gasteiger partial charge in [-0.3, -0.25) is 0 Å². The molecule has 0 nitrogen and oxygen atoms in total. The third-order valence-corrected chi connectivity index (χ3v) is 10.7. The lowest BCUT2D eigenvalue weighted by Crippen LogP contribution is -2.39. The summed E-state index contributed by atoms with van der Waals surface area (Å²) in [4.78, 5) is 0. The van der Waals surface area contributed by atoms with Crippen molar-refractivity contribution in [1.82, 2.24) is 0 Å². The Balaban J connectivity index is 1.95. The first-order chi connectivity index (χ1) is 13.3. The fourth-order valence-corrected chi connectivity index (χ4v) is 9.82. The smallest absolute Gasteiger partial charge is 0.0620 e. The van der Waals surface area contributed by atoms with Crippen molar-refractivity contribution >= 4 is 33.9 Å². The third-order valence-electron chi connectivity index (χ3n) is 6.14. The Kier molecular flexibility index (Phi) is 4.10. The van der Waals surface area contributed by atoms with Crippen LogP contribution in [0.25, 0.3) is 10.8 Å². The van der Waals surface area contributed by atoms with Gasteiger partial charge in [0.15, 0.2) is 0 Å². The molecule has 0 amide bonds. The summed E-state index contributed by atoms with van der Waals surface area (Å²) in [6, 6.07) is 36.3. The summed E-state index contributed by atoms with van der Waals surface area (Å²) >= 11 is 0. The number of rotatable bonds is 2. The molecule has 0 saturated carbocycles. The van der Waals surface area contributed by atoms with Gasteiger partial charge in [-0.15, -0.1) is 0 Å². The molecule has 4 aromatic carbocycles. The van der Waals surface area contributed by atoms with E-state index in [1.807, 2.05) is 0 Å². The molecule has 0 aliphatic carbocycles. The highest BCUT2D eigenvalue weighted by molar-refractivity contribution is 7.96. The minimum absolute atomic E-state index is 0.616. The van der Waals surface area contributed by atoms with Crippen molar-refractivity contribution < 1.29 is 0 Å². The molecule has 0 fully saturated rings. The molecule has 0 radical (unpaired) electrons. The molecule has 132 valence electrons. The standard InChI is InChI=1S/C26H24P/c1-20-18-19-27(22-11-4-2-5-12-22,23-13-6-3-7-14-23)26-24(20)17-16-21-10-8-9-15-25(21)26/h2-17,20H,18-19H2,1H3/q+1/t20-/m1/s1. The number of hydrogen-bond acceptors (Lipinski definition) is 0. The van der Waals surface area contributed by atoms with E-state index in [4.69, 9.17) is 0 Å². The van der Waals surface area contributed by atoms with Gasteiger partial charge in [0.05, 0.1) is 6.16 Å². The largest absolute Gasteiger partial charge is 0.116 e. The van der Waals surface area contributed by atoms with Crippen molar-refractivity contribution in [3.63, 3.8) is 0 Å². The highest BCUT2D eigenvalue weighted by Crippen LogP contribution is 2.61. The van der Waals surface area contributed by atoms with Crippen LogP contribution in [0.4, 0.5) is 0 Å². The topological polar surface area (TPSA) is 0 Å². The van der Waals surface area contributed by atoms with E-state index >= 15 is 0 Å². The Morgan fingerprint density at radius 1 is 0.667 bits per heavy atom. The molecule has 5 rings (SSSR count). The highest BCUT2D eigenvalue weighted by atomic mass is 31.2. The molecule has 0 bridgehead atoms. The molecule has 4 aromatic rings. The van der Waals surface area contributed by atoms with Crippen molar-refractivity contribution in [2.75, 3.05) is 6.16 Å². The first-order valence-electron chi connectivity index (χ1n) is 9.82. The maximum atomic E-state index is 2.40. The zero-order valence-corrected chi connectivity index (χ0v) is 16.6. The molecule has 1 atom stereocenters. The van der Waals surface area contributed by atoms with Gasteiger partial charge in [-0.1, -0.05) is 79.7 Å². The van der Waals surface area contributed by atoms with Crippen LogP contribution in [0.15, 0.2) is 97.1 Å². The molecule has 1 aliphatic rings. The van der Waals surface area contributed by atoms with E-state index in [-0.39, 0.29) is 0 Å². The van der Waals surface area contributed by atoms with Gasteiger partial charge in [-0.2, -0.15) is 0 Å². The Labute approximate surface area is 162 Å². The summed E-state index contributed by atoms with van der Waals surface area (Å²) in [7, 11) is -1.67. The van der Waals surface area contributed by atoms with Crippen molar-refractivity contribution in [2.45, 2.75) is 19.3 Å². The Morgan fingerprint density at radius 3 is 1.93 bits per heavy atom. The summed E-state index contributed by atoms with van der Waals surface area (Å²) in [5, 5.41) is 7.46. The van der Waals surface area contributed by atoms with Crippen LogP contribution < -0.4 is 15.9 Å². The summed E-state index contributed by atoms with van der Waals surface area (Å²) in [6.07, 6.45) is 2.51. The molecule has 27 heavy (non-hydrogen) atoms. The van der Waals surface area contributed by atoms with Gasteiger partial charge in [0.2, 0.25) is 0 Å². The minimum atomic E-state index is -1.67. The zero-order chi connectivity index (χ0) is 18.3. The van der Waals surface area contributed by atoms with Crippen LogP contribution in [0.1, 0.15) is 24.8 Å². The van der Waals surface area contributed by atoms with Crippen molar-refractivity contribution in [1.29, 1.82) is 0 Å². The summed E-state index contributed by atoms with van der Waals surface area (Å²) in [6.45, 7) is 2.40. The van der Waals surface area contributed by atoms with Gasteiger partial charge >= 0.3 is 0 Å². The second-order valence-corrected chi connectivity index (χ2v) is 11.2. The van der Waals surface area contributed by atoms with Gasteiger partial charge in [-0.25, -0.2) is 0 Å². The Morgan fingerprint density at radius 2 is 1.26 bits per heavy atom. The Bertz CT molecular complexity index is 1040. The summed E-state index contributed by atoms with van der Waals surface area (Å²) in [5.74, 6) is 0.616. The molecule has 1 aliphatic heterocycles. The van der Waals surface area contributed by atoms with Gasteiger partial charge < -0.3 is 0 Å². The highest BCUT2D eigenvalue weighted by Gasteiger charge is 2.50. The number of fused-ring (bicyclic) bond motifs is 3. The Hall–Kier alpha value is -2.43. The first kappa shape index (κ1) is 16.7. The van der Waals surface area contributed by atoms with Gasteiger partial charge in [0.1, 0.15) is 23.2 Å². The van der Waals surface area contributed by atoms with Crippen LogP contribution in [0.2, 0.25) is 0 Å². The average Bonchev–Trinajstić information content (AvgIpc) is 2.75. The lowest BCUT2D eigenvalue weighted by Gasteiger charge is -2.36. The molecule has 0 aromatic heterocycles. The second kappa shape index (κ2) is 6.63. The lowest BCUT2D eigenvalue weighted by molar-refractivity contribution is 0.735. The molecule has 1 heterocycles. The zero-order valence-electron chi connectivity index (χ0n) is 15.7. The summed E-state index contributed by atoms with van der Waals surface area (Å²) in [5.41, 5.74) is 1.56. The van der Waals surface area contributed by atoms with Crippen molar-refractivity contribution in [2.24, 2.45) is 0 Å². The predicted octanol–water partition coefficient (Wildman–Crippen LogP) is 5.64. The van der Waals surface area contributed by atoms with E-state index in [1.165, 1.54) is 34.0 Å². The molecule has 1 heteroatoms. The number of benzene rings is 4. The monoisotopic (exact) mass is 367 g/mol. The van der Waals surface area contributed by atoms with Crippen LogP contribution in [0, 0.1) is 0 Å². The second-order valence-electron chi connectivity index (χ2n) is 7.62. The maximum absolute atomic E-state index is 2.40. The normalized spacial score (nSPS) is 18.2. The fraction of sp³-hybridized carbons (Fsp3) is 0.154. The molecular weight excluding hydrogens is 343 g/mol. The van der Waals surface area contributed by atoms with Gasteiger partial charge in [-0.05, 0) is 47.6 Å². The van der Waals surface area contributed by atoms with E-state index in [1.54, 1.807) is 10.9 Å². The maximum Gasteiger partial charge on any atom is 0.116 e. The van der Waals surface area contributed by atoms with E-state index in [2.05, 4.69) is 104 Å². The average molecular weight is 367 g/mol. The minimum Gasteiger partial charge on any atom is -0.0620 e. The van der Waals surface area contributed by atoms with Crippen LogP contribution in [-0.2, 0) is 0 Å². The summed E-state index contributed by atoms with van der Waals surface area (Å²) < 4.78 is 0. The van der Waals surface area contributed by atoms with E-state index in [0.717, 1.165) is 0 Å². The number of hydrogen-bond donors (Lipinski definition) is 0. The van der Waals surface area contributed by atoms with Crippen LogP contribution in [0.5, 0.6) is 0 Å². The van der Waals surface area contributed by atoms with Crippen molar-refractivity contribution in [3.05, 3.63) is 103 Å². The van der Waals surface area contributed by atoms with Gasteiger partial charge in [0, 0.05) is 5.39 Å². The van der Waals surface area contributed by atoms with Crippen LogP contribution in [-0.4, -0.2) is 6.16 Å². The fourth-order valence-electron chi connectivity index (χ4n) is 4.78. The predicted molar refractivity (Wildman–Crippen MR) is 121 cm³/mol. The van der Waals surface area contributed by atoms with E-state index < -0.39 is 7.26 Å². The molecule has 0 saturated heterocycles. The lowest BCUT2D eigenvalue weighted by atomic mass is 9.95. The molecule has 0 spiro atoms. The SMILES string of the molecule is C[C@@H]1CC[P+](c2ccccc2)(c2ccccc2)c2c1ccc1ccccc21. The van der Waals surface area contributed by atoms with Crippen LogP contribution >= 0.6 is 7.26 Å². The quantitative estimate of drug-likeness (QED) is 0.402. The molecule has 0 N–H and O–H groups in total. The first-order valence-corrected chi connectivity index (χ1v) is 11.8. The van der Waals surface area contributed by atoms with Crippen LogP contribution in [0.3, 0.4) is 0 Å². The third kappa shape index (κ3) is 2.55. The van der Waals surface area contributed by atoms with E-state index in [9.17, 15) is 0 Å². The van der Waals surface area contributed by atoms with Gasteiger partial charge in [0.25, 0.3) is 0 Å².